The van der Waals surface area contributed by atoms with Crippen molar-refractivity contribution in [3.8, 4) is 22.6 Å². The third-order valence-corrected chi connectivity index (χ3v) is 13.1. The summed E-state index contributed by atoms with van der Waals surface area (Å²) in [4.78, 5) is 4.75. The molecule has 4 heteroatoms. The van der Waals surface area contributed by atoms with Crippen LogP contribution in [0.1, 0.15) is 25.0 Å². The predicted octanol–water partition coefficient (Wildman–Crippen LogP) is 16.4. The summed E-state index contributed by atoms with van der Waals surface area (Å²) in [5, 5.41) is 9.11. The van der Waals surface area contributed by atoms with Gasteiger partial charge in [0.1, 0.15) is 22.7 Å². The quantitative estimate of drug-likeness (QED) is 0.157. The highest BCUT2D eigenvalue weighted by Crippen LogP contribution is 2.55. The largest absolute Gasteiger partial charge is 0.456 e. The molecule has 2 aliphatic rings. The van der Waals surface area contributed by atoms with Crippen LogP contribution in [-0.4, -0.2) is 0 Å². The third-order valence-electron chi connectivity index (χ3n) is 13.1. The van der Waals surface area contributed by atoms with Crippen molar-refractivity contribution in [3.05, 3.63) is 205 Å². The zero-order chi connectivity index (χ0) is 40.4. The Kier molecular flexibility index (Phi) is 7.04. The van der Waals surface area contributed by atoms with E-state index < -0.39 is 0 Å². The Morgan fingerprint density at radius 2 is 1.03 bits per heavy atom. The molecule has 0 amide bonds. The molecule has 0 N–H and O–H groups in total. The number of fused-ring (bicyclic) bond motifs is 6. The average Bonchev–Trinajstić information content (AvgIpc) is 3.78. The summed E-state index contributed by atoms with van der Waals surface area (Å²) >= 11 is 0. The predicted molar refractivity (Wildman–Crippen MR) is 253 cm³/mol. The van der Waals surface area contributed by atoms with E-state index in [2.05, 4.69) is 206 Å². The molecule has 0 saturated carbocycles. The van der Waals surface area contributed by atoms with Crippen molar-refractivity contribution in [2.75, 3.05) is 9.80 Å². The molecule has 61 heavy (non-hydrogen) atoms. The Bertz CT molecular complexity index is 3610. The number of benzene rings is 10. The van der Waals surface area contributed by atoms with E-state index in [1.165, 1.54) is 33.0 Å². The van der Waals surface area contributed by atoms with E-state index in [1.807, 2.05) is 12.1 Å². The number of furan rings is 1. The number of anilines is 6. The van der Waals surface area contributed by atoms with Gasteiger partial charge in [-0.1, -0.05) is 123 Å². The van der Waals surface area contributed by atoms with Crippen LogP contribution in [0.2, 0.25) is 0 Å². The van der Waals surface area contributed by atoms with Crippen molar-refractivity contribution in [2.45, 2.75) is 19.3 Å². The van der Waals surface area contributed by atoms with Crippen molar-refractivity contribution >= 4 is 88.4 Å². The van der Waals surface area contributed by atoms with Gasteiger partial charge in [0.25, 0.3) is 0 Å². The van der Waals surface area contributed by atoms with Gasteiger partial charge in [0.15, 0.2) is 0 Å². The first kappa shape index (κ1) is 34.1. The first-order valence-electron chi connectivity index (χ1n) is 21.0. The van der Waals surface area contributed by atoms with Gasteiger partial charge in [-0.15, -0.1) is 0 Å². The maximum atomic E-state index is 7.07. The van der Waals surface area contributed by atoms with E-state index >= 15 is 0 Å². The highest BCUT2D eigenvalue weighted by Gasteiger charge is 2.36. The standard InChI is InChI=1S/C57H38N2O2/c1-57(2)47-21-11-9-18-42(47)43-28-26-40(33-48(43)57)59(38-16-7-4-8-17-38)49-31-36-25-24-35-30-41(34-53-54(35)55(36)56-45(49)20-13-23-52(56)61-53)58(37-14-5-3-6-15-37)39-27-29-51-46(32-39)44-19-10-12-22-50(44)60-51/h3-34H,1-2H3. The number of ether oxygens (including phenoxy) is 1. The van der Waals surface area contributed by atoms with Gasteiger partial charge in [0, 0.05) is 66.5 Å². The van der Waals surface area contributed by atoms with Crippen molar-refractivity contribution in [3.63, 3.8) is 0 Å². The summed E-state index contributed by atoms with van der Waals surface area (Å²) in [5.41, 5.74) is 13.5. The monoisotopic (exact) mass is 782 g/mol. The Labute approximate surface area is 353 Å². The number of rotatable bonds is 6. The van der Waals surface area contributed by atoms with Gasteiger partial charge < -0.3 is 19.0 Å². The molecule has 2 heterocycles. The molecule has 288 valence electrons. The lowest BCUT2D eigenvalue weighted by atomic mass is 9.82. The fourth-order valence-corrected chi connectivity index (χ4v) is 10.4. The molecule has 1 aliphatic carbocycles. The molecule has 13 rings (SSSR count). The summed E-state index contributed by atoms with van der Waals surface area (Å²) in [5.74, 6) is 1.71. The number of hydrogen-bond donors (Lipinski definition) is 0. The van der Waals surface area contributed by atoms with E-state index in [-0.39, 0.29) is 5.41 Å². The zero-order valence-electron chi connectivity index (χ0n) is 33.7. The van der Waals surface area contributed by atoms with Gasteiger partial charge >= 0.3 is 0 Å². The average molecular weight is 783 g/mol. The van der Waals surface area contributed by atoms with Crippen LogP contribution >= 0.6 is 0 Å². The molecule has 11 aromatic rings. The molecular formula is C57H38N2O2. The molecule has 0 bridgehead atoms. The van der Waals surface area contributed by atoms with E-state index in [9.17, 15) is 0 Å². The first-order chi connectivity index (χ1) is 30.0. The van der Waals surface area contributed by atoms with Crippen LogP contribution in [0.5, 0.6) is 11.5 Å². The normalized spacial score (nSPS) is 13.3. The van der Waals surface area contributed by atoms with Crippen molar-refractivity contribution in [2.24, 2.45) is 0 Å². The van der Waals surface area contributed by atoms with Crippen LogP contribution in [0.25, 0.3) is 65.4 Å². The highest BCUT2D eigenvalue weighted by molar-refractivity contribution is 6.28. The maximum absolute atomic E-state index is 7.07. The molecule has 0 fully saturated rings. The Hall–Kier alpha value is -7.82. The topological polar surface area (TPSA) is 28.9 Å². The van der Waals surface area contributed by atoms with Gasteiger partial charge in [-0.2, -0.15) is 0 Å². The van der Waals surface area contributed by atoms with Gasteiger partial charge in [0.2, 0.25) is 0 Å². The van der Waals surface area contributed by atoms with Crippen molar-refractivity contribution < 1.29 is 9.15 Å². The third kappa shape index (κ3) is 4.93. The highest BCUT2D eigenvalue weighted by atomic mass is 16.5. The second-order valence-electron chi connectivity index (χ2n) is 16.9. The lowest BCUT2D eigenvalue weighted by Gasteiger charge is -2.31. The lowest BCUT2D eigenvalue weighted by molar-refractivity contribution is 0.493. The summed E-state index contributed by atoms with van der Waals surface area (Å²) in [6.07, 6.45) is 0. The van der Waals surface area contributed by atoms with Crippen LogP contribution in [0.4, 0.5) is 34.1 Å². The maximum Gasteiger partial charge on any atom is 0.138 e. The molecule has 0 atom stereocenters. The van der Waals surface area contributed by atoms with E-state index in [0.717, 1.165) is 89.1 Å². The fraction of sp³-hybridized carbons (Fsp3) is 0.0526. The smallest absolute Gasteiger partial charge is 0.138 e. The van der Waals surface area contributed by atoms with Gasteiger partial charge in [-0.3, -0.25) is 0 Å². The zero-order valence-corrected chi connectivity index (χ0v) is 33.7. The SMILES string of the molecule is CC1(C)c2ccccc2-c2ccc(N(c3ccccc3)c3cc4ccc5cc(N(c6ccccc6)c6ccc7oc8ccccc8c7c6)cc6c5c4c4c(cccc34)O6)cc21. The second-order valence-corrected chi connectivity index (χ2v) is 16.9. The Balaban J connectivity index is 1.01. The van der Waals surface area contributed by atoms with Crippen molar-refractivity contribution in [1.29, 1.82) is 0 Å². The summed E-state index contributed by atoms with van der Waals surface area (Å²) < 4.78 is 13.3. The minimum Gasteiger partial charge on any atom is -0.456 e. The van der Waals surface area contributed by atoms with Gasteiger partial charge in [-0.05, 0) is 112 Å². The Morgan fingerprint density at radius 3 is 1.87 bits per heavy atom. The molecule has 0 spiro atoms. The minimum absolute atomic E-state index is 0.123. The number of para-hydroxylation sites is 3. The molecule has 0 saturated heterocycles. The molecule has 0 unspecified atom stereocenters. The summed E-state index contributed by atoms with van der Waals surface area (Å²) in [7, 11) is 0. The van der Waals surface area contributed by atoms with Crippen LogP contribution in [0, 0.1) is 0 Å². The van der Waals surface area contributed by atoms with Crippen LogP contribution in [0.3, 0.4) is 0 Å². The molecule has 10 aromatic carbocycles. The molecule has 0 radical (unpaired) electrons. The first-order valence-corrected chi connectivity index (χ1v) is 21.0. The van der Waals surface area contributed by atoms with E-state index in [0.29, 0.717) is 0 Å². The van der Waals surface area contributed by atoms with Crippen LogP contribution < -0.4 is 14.5 Å². The molecule has 1 aliphatic heterocycles. The molecular weight excluding hydrogens is 745 g/mol. The summed E-state index contributed by atoms with van der Waals surface area (Å²) in [6.45, 7) is 4.70. The van der Waals surface area contributed by atoms with Crippen LogP contribution in [0.15, 0.2) is 199 Å². The van der Waals surface area contributed by atoms with E-state index in [4.69, 9.17) is 9.15 Å². The number of nitrogens with zero attached hydrogens (tertiary/aromatic N) is 2. The number of hydrogen-bond acceptors (Lipinski definition) is 4. The van der Waals surface area contributed by atoms with E-state index in [1.54, 1.807) is 0 Å². The van der Waals surface area contributed by atoms with Gasteiger partial charge in [0.05, 0.1) is 11.4 Å². The summed E-state index contributed by atoms with van der Waals surface area (Å²) in [6, 6.07) is 69.9. The lowest BCUT2D eigenvalue weighted by Crippen LogP contribution is -2.16. The minimum atomic E-state index is -0.123. The Morgan fingerprint density at radius 1 is 0.377 bits per heavy atom. The van der Waals surface area contributed by atoms with Crippen LogP contribution in [-0.2, 0) is 5.41 Å². The molecule has 1 aromatic heterocycles. The fourth-order valence-electron chi connectivity index (χ4n) is 10.4. The van der Waals surface area contributed by atoms with Gasteiger partial charge in [-0.25, -0.2) is 0 Å². The molecule has 4 nitrogen and oxygen atoms in total. The second kappa shape index (κ2) is 12.6. The van der Waals surface area contributed by atoms with Crippen molar-refractivity contribution in [1.82, 2.24) is 0 Å².